The van der Waals surface area contributed by atoms with Crippen LogP contribution in [0.4, 0.5) is 5.69 Å². The number of hydrogen-bond acceptors (Lipinski definition) is 4. The molecule has 0 saturated carbocycles. The summed E-state index contributed by atoms with van der Waals surface area (Å²) in [5.74, 6) is -0.463. The highest BCUT2D eigenvalue weighted by Crippen LogP contribution is 2.37. The van der Waals surface area contributed by atoms with Crippen LogP contribution in [0.15, 0.2) is 29.3 Å². The van der Waals surface area contributed by atoms with Crippen LogP contribution in [-0.4, -0.2) is 27.6 Å². The van der Waals surface area contributed by atoms with Gasteiger partial charge in [0.15, 0.2) is 8.32 Å². The third-order valence-corrected chi connectivity index (χ3v) is 8.37. The molecule has 4 nitrogen and oxygen atoms in total. The van der Waals surface area contributed by atoms with Gasteiger partial charge in [-0.3, -0.25) is 0 Å². The Hall–Kier alpha value is -1.46. The zero-order valence-electron chi connectivity index (χ0n) is 13.8. The van der Waals surface area contributed by atoms with E-state index in [1.165, 1.54) is 13.3 Å². The molecular weight excluding hydrogens is 282 g/mol. The molecule has 116 valence electrons. The maximum Gasteiger partial charge on any atom is 0.349 e. The van der Waals surface area contributed by atoms with Gasteiger partial charge in [0, 0.05) is 5.56 Å². The number of methoxy groups -OCH3 is 1. The molecule has 0 aliphatic heterocycles. The predicted molar refractivity (Wildman–Crippen MR) is 88.6 cm³/mol. The van der Waals surface area contributed by atoms with Crippen molar-refractivity contribution < 1.29 is 14.0 Å². The monoisotopic (exact) mass is 307 g/mol. The summed E-state index contributed by atoms with van der Waals surface area (Å²) in [5.41, 5.74) is 1.71. The Morgan fingerprint density at radius 2 is 1.90 bits per heavy atom. The molecule has 0 saturated heterocycles. The Morgan fingerprint density at radius 3 is 2.48 bits per heavy atom. The van der Waals surface area contributed by atoms with Crippen LogP contribution >= 0.6 is 0 Å². The molecular formula is C16H25NO3Si. The largest absolute Gasteiger partial charge is 0.465 e. The Morgan fingerprint density at radius 1 is 1.29 bits per heavy atom. The zero-order chi connectivity index (χ0) is 16.1. The molecule has 0 aliphatic carbocycles. The van der Waals surface area contributed by atoms with Gasteiger partial charge in [0.25, 0.3) is 0 Å². The minimum atomic E-state index is -1.81. The molecule has 0 unspecified atom stereocenters. The number of carbonyl (C=O) groups excluding carboxylic acids is 1. The van der Waals surface area contributed by atoms with Crippen molar-refractivity contribution >= 4 is 26.2 Å². The van der Waals surface area contributed by atoms with Gasteiger partial charge in [-0.25, -0.2) is 9.79 Å². The van der Waals surface area contributed by atoms with E-state index in [2.05, 4.69) is 43.6 Å². The van der Waals surface area contributed by atoms with E-state index in [0.717, 1.165) is 11.3 Å². The lowest BCUT2D eigenvalue weighted by Gasteiger charge is -2.36. The summed E-state index contributed by atoms with van der Waals surface area (Å²) in [4.78, 5) is 15.3. The first kappa shape index (κ1) is 17.6. The van der Waals surface area contributed by atoms with Crippen LogP contribution in [0, 0.1) is 0 Å². The highest BCUT2D eigenvalue weighted by Gasteiger charge is 2.37. The standard InChI is InChI=1S/C16H25NO3Si/c1-16(2,3)21(5,6)20-12-13-9-7-8-10-14(13)17-11-15(18)19-4/h7-11H,12H2,1-6H3. The first-order valence-electron chi connectivity index (χ1n) is 7.01. The van der Waals surface area contributed by atoms with Gasteiger partial charge in [0.2, 0.25) is 0 Å². The van der Waals surface area contributed by atoms with Crippen LogP contribution in [0.25, 0.3) is 0 Å². The Bertz CT molecular complexity index is 518. The Balaban J connectivity index is 2.86. The van der Waals surface area contributed by atoms with E-state index in [1.54, 1.807) is 0 Å². The molecule has 0 fully saturated rings. The SMILES string of the molecule is COC(=O)C=Nc1ccccc1CO[Si](C)(C)C(C)(C)C. The summed E-state index contributed by atoms with van der Waals surface area (Å²) in [6.45, 7) is 11.6. The lowest BCUT2D eigenvalue weighted by atomic mass is 10.2. The summed E-state index contributed by atoms with van der Waals surface area (Å²) >= 11 is 0. The number of nitrogens with zero attached hydrogens (tertiary/aromatic N) is 1. The molecule has 0 amide bonds. The number of aliphatic imine (C=N–C) groups is 1. The van der Waals surface area contributed by atoms with Gasteiger partial charge in [-0.1, -0.05) is 39.0 Å². The van der Waals surface area contributed by atoms with Gasteiger partial charge in [-0.05, 0) is 24.2 Å². The van der Waals surface area contributed by atoms with Crippen LogP contribution in [0.2, 0.25) is 18.1 Å². The molecule has 1 aromatic rings. The molecule has 0 spiro atoms. The number of benzene rings is 1. The van der Waals surface area contributed by atoms with Crippen LogP contribution < -0.4 is 0 Å². The van der Waals surface area contributed by atoms with Crippen molar-refractivity contribution in [2.75, 3.05) is 7.11 Å². The molecule has 1 aromatic carbocycles. The fourth-order valence-electron chi connectivity index (χ4n) is 1.41. The highest BCUT2D eigenvalue weighted by molar-refractivity contribution is 6.74. The van der Waals surface area contributed by atoms with Gasteiger partial charge in [-0.2, -0.15) is 0 Å². The Kier molecular flexibility index (Phi) is 5.86. The molecule has 0 heterocycles. The van der Waals surface area contributed by atoms with Crippen LogP contribution in [-0.2, 0) is 20.6 Å². The van der Waals surface area contributed by atoms with Crippen molar-refractivity contribution in [1.82, 2.24) is 0 Å². The average Bonchev–Trinajstić information content (AvgIpc) is 2.42. The first-order chi connectivity index (χ1) is 9.67. The highest BCUT2D eigenvalue weighted by atomic mass is 28.4. The van der Waals surface area contributed by atoms with Gasteiger partial charge >= 0.3 is 5.97 Å². The third-order valence-electron chi connectivity index (χ3n) is 3.90. The molecule has 0 radical (unpaired) electrons. The van der Waals surface area contributed by atoms with Crippen molar-refractivity contribution in [2.45, 2.75) is 45.5 Å². The minimum absolute atomic E-state index is 0.164. The number of esters is 1. The van der Waals surface area contributed by atoms with Gasteiger partial charge in [0.1, 0.15) is 6.21 Å². The number of para-hydroxylation sites is 1. The quantitative estimate of drug-likeness (QED) is 0.468. The second kappa shape index (κ2) is 7.00. The van der Waals surface area contributed by atoms with Crippen molar-refractivity contribution in [3.8, 4) is 0 Å². The maximum atomic E-state index is 11.1. The lowest BCUT2D eigenvalue weighted by Crippen LogP contribution is -2.40. The Labute approximate surface area is 128 Å². The zero-order valence-corrected chi connectivity index (χ0v) is 14.8. The second-order valence-corrected chi connectivity index (χ2v) is 11.3. The number of rotatable bonds is 5. The summed E-state index contributed by atoms with van der Waals surface area (Å²) in [5, 5.41) is 0.164. The fourth-order valence-corrected chi connectivity index (χ4v) is 2.36. The topological polar surface area (TPSA) is 47.9 Å². The first-order valence-corrected chi connectivity index (χ1v) is 9.92. The van der Waals surface area contributed by atoms with Crippen molar-refractivity contribution in [3.05, 3.63) is 29.8 Å². The van der Waals surface area contributed by atoms with E-state index in [-0.39, 0.29) is 5.04 Å². The van der Waals surface area contributed by atoms with E-state index in [4.69, 9.17) is 4.43 Å². The van der Waals surface area contributed by atoms with Gasteiger partial charge < -0.3 is 9.16 Å². The van der Waals surface area contributed by atoms with E-state index in [9.17, 15) is 4.79 Å². The van der Waals surface area contributed by atoms with Crippen LogP contribution in [0.5, 0.6) is 0 Å². The normalized spacial score (nSPS) is 12.7. The van der Waals surface area contributed by atoms with Crippen molar-refractivity contribution in [1.29, 1.82) is 0 Å². The molecule has 0 N–H and O–H groups in total. The third kappa shape index (κ3) is 5.10. The van der Waals surface area contributed by atoms with Crippen molar-refractivity contribution in [3.63, 3.8) is 0 Å². The fraction of sp³-hybridized carbons (Fsp3) is 0.500. The number of hydrogen-bond donors (Lipinski definition) is 0. The number of ether oxygens (including phenoxy) is 1. The minimum Gasteiger partial charge on any atom is -0.465 e. The summed E-state index contributed by atoms with van der Waals surface area (Å²) < 4.78 is 10.8. The van der Waals surface area contributed by atoms with Gasteiger partial charge in [0.05, 0.1) is 19.4 Å². The molecule has 0 aromatic heterocycles. The van der Waals surface area contributed by atoms with E-state index < -0.39 is 14.3 Å². The summed E-state index contributed by atoms with van der Waals surface area (Å²) in [6.07, 6.45) is 1.19. The predicted octanol–water partition coefficient (Wildman–Crippen LogP) is 4.08. The summed E-state index contributed by atoms with van der Waals surface area (Å²) in [6, 6.07) is 7.67. The number of carbonyl (C=O) groups is 1. The van der Waals surface area contributed by atoms with E-state index in [0.29, 0.717) is 6.61 Å². The van der Waals surface area contributed by atoms with Crippen molar-refractivity contribution in [2.24, 2.45) is 4.99 Å². The summed E-state index contributed by atoms with van der Waals surface area (Å²) in [7, 11) is -0.472. The molecule has 0 bridgehead atoms. The maximum absolute atomic E-state index is 11.1. The molecule has 0 aliphatic rings. The molecule has 1 rings (SSSR count). The van der Waals surface area contributed by atoms with E-state index >= 15 is 0 Å². The second-order valence-electron chi connectivity index (χ2n) is 6.46. The molecule has 21 heavy (non-hydrogen) atoms. The van der Waals surface area contributed by atoms with Crippen LogP contribution in [0.3, 0.4) is 0 Å². The smallest absolute Gasteiger partial charge is 0.349 e. The average molecular weight is 307 g/mol. The lowest BCUT2D eigenvalue weighted by molar-refractivity contribution is -0.132. The molecule has 0 atom stereocenters. The van der Waals surface area contributed by atoms with Crippen LogP contribution in [0.1, 0.15) is 26.3 Å². The molecule has 5 heteroatoms. The van der Waals surface area contributed by atoms with Gasteiger partial charge in [-0.15, -0.1) is 0 Å². The van der Waals surface area contributed by atoms with E-state index in [1.807, 2.05) is 24.3 Å².